The van der Waals surface area contributed by atoms with Crippen LogP contribution in [0.1, 0.15) is 38.8 Å². The summed E-state index contributed by atoms with van der Waals surface area (Å²) >= 11 is 0. The van der Waals surface area contributed by atoms with Crippen LogP contribution in [0.15, 0.2) is 24.5 Å². The standard InChI is InChI=1S/C16H23N3O4/c1-16(2,3)23-15(22)18-12-6-9-19(10-12)13(14(20)21)11-4-7-17-8-5-11/h4-5,7-8,12-13H,6,9-10H2,1-3H3,(H,18,22)(H,20,21)/t12-,13-/m0/s1. The third-order valence-corrected chi connectivity index (χ3v) is 3.56. The molecule has 0 unspecified atom stereocenters. The Kier molecular flexibility index (Phi) is 5.20. The van der Waals surface area contributed by atoms with Crippen LogP contribution < -0.4 is 5.32 Å². The molecule has 0 spiro atoms. The number of rotatable bonds is 4. The number of nitrogens with one attached hydrogen (secondary N) is 1. The normalized spacial score (nSPS) is 20.0. The lowest BCUT2D eigenvalue weighted by molar-refractivity contribution is -0.143. The molecular formula is C16H23N3O4. The minimum absolute atomic E-state index is 0.117. The fourth-order valence-electron chi connectivity index (χ4n) is 2.67. The molecular weight excluding hydrogens is 298 g/mol. The lowest BCUT2D eigenvalue weighted by Gasteiger charge is -2.25. The zero-order valence-corrected chi connectivity index (χ0v) is 13.7. The maximum absolute atomic E-state index is 11.8. The lowest BCUT2D eigenvalue weighted by Crippen LogP contribution is -2.41. The van der Waals surface area contributed by atoms with Crippen molar-refractivity contribution in [1.29, 1.82) is 0 Å². The van der Waals surface area contributed by atoms with Crippen LogP contribution in [-0.2, 0) is 9.53 Å². The summed E-state index contributed by atoms with van der Waals surface area (Å²) in [6, 6.07) is 2.55. The number of carboxylic acids is 1. The summed E-state index contributed by atoms with van der Waals surface area (Å²) in [5.74, 6) is -0.908. The van der Waals surface area contributed by atoms with Crippen molar-refractivity contribution in [2.45, 2.75) is 44.9 Å². The molecule has 2 atom stereocenters. The van der Waals surface area contributed by atoms with Crippen LogP contribution in [-0.4, -0.2) is 51.8 Å². The van der Waals surface area contributed by atoms with Gasteiger partial charge in [-0.15, -0.1) is 0 Å². The molecule has 7 nitrogen and oxygen atoms in total. The minimum Gasteiger partial charge on any atom is -0.480 e. The molecule has 0 saturated carbocycles. The van der Waals surface area contributed by atoms with Crippen LogP contribution in [0.25, 0.3) is 0 Å². The summed E-state index contributed by atoms with van der Waals surface area (Å²) in [4.78, 5) is 29.2. The maximum atomic E-state index is 11.8. The number of aliphatic carboxylic acids is 1. The van der Waals surface area contributed by atoms with E-state index in [9.17, 15) is 14.7 Å². The van der Waals surface area contributed by atoms with E-state index in [1.54, 1.807) is 45.3 Å². The molecule has 0 aromatic carbocycles. The second-order valence-corrected chi connectivity index (χ2v) is 6.65. The SMILES string of the molecule is CC(C)(C)OC(=O)N[C@H]1CCN([C@H](C(=O)O)c2ccncc2)C1. The molecule has 2 rings (SSSR count). The predicted octanol–water partition coefficient (Wildman–Crippen LogP) is 1.81. The van der Waals surface area contributed by atoms with Crippen molar-refractivity contribution >= 4 is 12.1 Å². The molecule has 1 aliphatic heterocycles. The molecule has 0 radical (unpaired) electrons. The Morgan fingerprint density at radius 3 is 2.61 bits per heavy atom. The van der Waals surface area contributed by atoms with Crippen molar-refractivity contribution in [3.05, 3.63) is 30.1 Å². The highest BCUT2D eigenvalue weighted by atomic mass is 16.6. The Morgan fingerprint density at radius 2 is 2.04 bits per heavy atom. The van der Waals surface area contributed by atoms with E-state index in [2.05, 4.69) is 10.3 Å². The van der Waals surface area contributed by atoms with Gasteiger partial charge in [-0.05, 0) is 44.9 Å². The number of likely N-dealkylation sites (tertiary alicyclic amines) is 1. The lowest BCUT2D eigenvalue weighted by atomic mass is 10.1. The van der Waals surface area contributed by atoms with Crippen molar-refractivity contribution in [2.75, 3.05) is 13.1 Å². The monoisotopic (exact) mass is 321 g/mol. The van der Waals surface area contributed by atoms with Gasteiger partial charge in [0.1, 0.15) is 11.6 Å². The van der Waals surface area contributed by atoms with Gasteiger partial charge in [-0.2, -0.15) is 0 Å². The van der Waals surface area contributed by atoms with E-state index in [-0.39, 0.29) is 6.04 Å². The number of hydrogen-bond donors (Lipinski definition) is 2. The van der Waals surface area contributed by atoms with Gasteiger partial charge in [0.05, 0.1) is 0 Å². The first-order valence-corrected chi connectivity index (χ1v) is 7.62. The molecule has 126 valence electrons. The first-order chi connectivity index (χ1) is 10.8. The average molecular weight is 321 g/mol. The number of alkyl carbamates (subject to hydrolysis) is 1. The first-order valence-electron chi connectivity index (χ1n) is 7.62. The van der Waals surface area contributed by atoms with Gasteiger partial charge in [0, 0.05) is 31.5 Å². The third kappa shape index (κ3) is 4.92. The Hall–Kier alpha value is -2.15. The van der Waals surface area contributed by atoms with E-state index in [0.29, 0.717) is 25.1 Å². The van der Waals surface area contributed by atoms with Crippen molar-refractivity contribution in [1.82, 2.24) is 15.2 Å². The fraction of sp³-hybridized carbons (Fsp3) is 0.562. The minimum atomic E-state index is -0.908. The highest BCUT2D eigenvalue weighted by Crippen LogP contribution is 2.25. The maximum Gasteiger partial charge on any atom is 0.407 e. The van der Waals surface area contributed by atoms with Crippen LogP contribution >= 0.6 is 0 Å². The molecule has 1 fully saturated rings. The van der Waals surface area contributed by atoms with E-state index in [1.165, 1.54) is 0 Å². The second-order valence-electron chi connectivity index (χ2n) is 6.65. The van der Waals surface area contributed by atoms with Gasteiger partial charge in [0.15, 0.2) is 0 Å². The summed E-state index contributed by atoms with van der Waals surface area (Å²) < 4.78 is 5.23. The second kappa shape index (κ2) is 6.95. The van der Waals surface area contributed by atoms with Crippen molar-refractivity contribution in [2.24, 2.45) is 0 Å². The number of carboxylic acid groups (broad SMARTS) is 1. The number of ether oxygens (including phenoxy) is 1. The zero-order valence-electron chi connectivity index (χ0n) is 13.7. The van der Waals surface area contributed by atoms with Gasteiger partial charge < -0.3 is 15.2 Å². The zero-order chi connectivity index (χ0) is 17.0. The average Bonchev–Trinajstić information content (AvgIpc) is 2.85. The summed E-state index contributed by atoms with van der Waals surface area (Å²) in [6.45, 7) is 6.48. The Bertz CT molecular complexity index is 556. The van der Waals surface area contributed by atoms with E-state index < -0.39 is 23.7 Å². The van der Waals surface area contributed by atoms with Gasteiger partial charge in [-0.3, -0.25) is 14.7 Å². The van der Waals surface area contributed by atoms with Gasteiger partial charge >= 0.3 is 12.1 Å². The van der Waals surface area contributed by atoms with Gasteiger partial charge in [0.25, 0.3) is 0 Å². The van der Waals surface area contributed by atoms with Gasteiger partial charge in [-0.1, -0.05) is 0 Å². The third-order valence-electron chi connectivity index (χ3n) is 3.56. The highest BCUT2D eigenvalue weighted by molar-refractivity contribution is 5.75. The number of hydrogen-bond acceptors (Lipinski definition) is 5. The molecule has 1 saturated heterocycles. The number of carbonyl (C=O) groups excluding carboxylic acids is 1. The highest BCUT2D eigenvalue weighted by Gasteiger charge is 2.34. The number of carbonyl (C=O) groups is 2. The molecule has 1 amide bonds. The molecule has 2 N–H and O–H groups in total. The van der Waals surface area contributed by atoms with E-state index >= 15 is 0 Å². The Labute approximate surface area is 135 Å². The number of aromatic nitrogens is 1. The van der Waals surface area contributed by atoms with Crippen molar-refractivity contribution < 1.29 is 19.4 Å². The number of nitrogens with zero attached hydrogens (tertiary/aromatic N) is 2. The largest absolute Gasteiger partial charge is 0.480 e. The van der Waals surface area contributed by atoms with E-state index in [0.717, 1.165) is 0 Å². The first kappa shape index (κ1) is 17.2. The molecule has 0 bridgehead atoms. The molecule has 23 heavy (non-hydrogen) atoms. The Balaban J connectivity index is 1.98. The molecule has 0 aliphatic carbocycles. The molecule has 1 aliphatic rings. The summed E-state index contributed by atoms with van der Waals surface area (Å²) in [7, 11) is 0. The summed E-state index contributed by atoms with van der Waals surface area (Å²) in [5.41, 5.74) is 0.133. The number of amides is 1. The molecule has 1 aromatic rings. The van der Waals surface area contributed by atoms with Crippen LogP contribution in [0, 0.1) is 0 Å². The van der Waals surface area contributed by atoms with Gasteiger partial charge in [-0.25, -0.2) is 4.79 Å². The molecule has 2 heterocycles. The van der Waals surface area contributed by atoms with Crippen LogP contribution in [0.5, 0.6) is 0 Å². The smallest absolute Gasteiger partial charge is 0.407 e. The molecule has 1 aromatic heterocycles. The summed E-state index contributed by atoms with van der Waals surface area (Å²) in [6.07, 6.45) is 3.38. The predicted molar refractivity (Wildman–Crippen MR) is 84.0 cm³/mol. The van der Waals surface area contributed by atoms with Crippen molar-refractivity contribution in [3.63, 3.8) is 0 Å². The summed E-state index contributed by atoms with van der Waals surface area (Å²) in [5, 5.41) is 12.3. The fourth-order valence-corrected chi connectivity index (χ4v) is 2.67. The van der Waals surface area contributed by atoms with Gasteiger partial charge in [0.2, 0.25) is 0 Å². The van der Waals surface area contributed by atoms with Crippen molar-refractivity contribution in [3.8, 4) is 0 Å². The van der Waals surface area contributed by atoms with Crippen LogP contribution in [0.4, 0.5) is 4.79 Å². The van der Waals surface area contributed by atoms with E-state index in [1.807, 2.05) is 4.90 Å². The van der Waals surface area contributed by atoms with Crippen LogP contribution in [0.3, 0.4) is 0 Å². The van der Waals surface area contributed by atoms with Crippen LogP contribution in [0.2, 0.25) is 0 Å². The molecule has 7 heteroatoms. The van der Waals surface area contributed by atoms with E-state index in [4.69, 9.17) is 4.74 Å². The Morgan fingerprint density at radius 1 is 1.39 bits per heavy atom. The quantitative estimate of drug-likeness (QED) is 0.879. The number of pyridine rings is 1. The topological polar surface area (TPSA) is 91.8 Å².